The summed E-state index contributed by atoms with van der Waals surface area (Å²) in [6.07, 6.45) is 2.88. The second-order valence-corrected chi connectivity index (χ2v) is 6.75. The first-order chi connectivity index (χ1) is 14.9. The van der Waals surface area contributed by atoms with Crippen LogP contribution in [0.15, 0.2) is 54.6 Å². The number of nitrogens with one attached hydrogen (secondary N) is 3. The summed E-state index contributed by atoms with van der Waals surface area (Å²) in [7, 11) is 0. The summed E-state index contributed by atoms with van der Waals surface area (Å²) < 4.78 is 10.2. The van der Waals surface area contributed by atoms with Gasteiger partial charge in [-0.3, -0.25) is 25.8 Å². The molecule has 2 aromatic carbocycles. The van der Waals surface area contributed by atoms with Crippen molar-refractivity contribution in [2.75, 3.05) is 13.2 Å². The van der Waals surface area contributed by atoms with E-state index in [1.807, 2.05) is 0 Å². The van der Waals surface area contributed by atoms with Crippen LogP contribution in [-0.2, 0) is 14.3 Å². The predicted molar refractivity (Wildman–Crippen MR) is 120 cm³/mol. The lowest BCUT2D eigenvalue weighted by molar-refractivity contribution is -0.123. The third-order valence-electron chi connectivity index (χ3n) is 3.58. The fourth-order valence-electron chi connectivity index (χ4n) is 2.14. The summed E-state index contributed by atoms with van der Waals surface area (Å²) in [4.78, 5) is 35.3. The van der Waals surface area contributed by atoms with E-state index in [1.54, 1.807) is 49.4 Å². The van der Waals surface area contributed by atoms with Crippen molar-refractivity contribution in [3.63, 3.8) is 0 Å². The monoisotopic (exact) mass is 461 g/mol. The number of hydrogen-bond acceptors (Lipinski definition) is 6. The molecule has 8 nitrogen and oxygen atoms in total. The zero-order chi connectivity index (χ0) is 22.6. The maximum Gasteiger partial charge on any atom is 0.338 e. The molecule has 0 aromatic heterocycles. The molecule has 2 aromatic rings. The Bertz CT molecular complexity index is 962. The molecule has 2 rings (SSSR count). The number of rotatable bonds is 7. The molecule has 0 spiro atoms. The second-order valence-electron chi connectivity index (χ2n) is 5.91. The van der Waals surface area contributed by atoms with E-state index >= 15 is 0 Å². The van der Waals surface area contributed by atoms with Gasteiger partial charge < -0.3 is 9.47 Å². The van der Waals surface area contributed by atoms with Crippen LogP contribution >= 0.6 is 23.8 Å². The molecule has 162 valence electrons. The van der Waals surface area contributed by atoms with Crippen LogP contribution in [0.4, 0.5) is 0 Å². The molecular formula is C21H20ClN3O5S. The molecular weight excluding hydrogens is 442 g/mol. The summed E-state index contributed by atoms with van der Waals surface area (Å²) in [5.74, 6) is -1.04. The summed E-state index contributed by atoms with van der Waals surface area (Å²) in [6.45, 7) is 1.70. The van der Waals surface area contributed by atoms with Gasteiger partial charge in [-0.25, -0.2) is 4.79 Å². The molecule has 0 radical (unpaired) electrons. The van der Waals surface area contributed by atoms with Crippen molar-refractivity contribution < 1.29 is 23.9 Å². The first-order valence-corrected chi connectivity index (χ1v) is 9.89. The largest absolute Gasteiger partial charge is 0.484 e. The summed E-state index contributed by atoms with van der Waals surface area (Å²) in [6, 6.07) is 13.1. The van der Waals surface area contributed by atoms with Crippen LogP contribution in [-0.4, -0.2) is 36.1 Å². The van der Waals surface area contributed by atoms with E-state index in [0.29, 0.717) is 16.3 Å². The van der Waals surface area contributed by atoms with Crippen LogP contribution < -0.4 is 20.9 Å². The lowest BCUT2D eigenvalue weighted by atomic mass is 10.2. The molecule has 0 saturated carbocycles. The van der Waals surface area contributed by atoms with Gasteiger partial charge in [0.05, 0.1) is 12.2 Å². The Morgan fingerprint density at radius 1 is 1.03 bits per heavy atom. The van der Waals surface area contributed by atoms with Crippen molar-refractivity contribution in [3.8, 4) is 5.75 Å². The average molecular weight is 462 g/mol. The van der Waals surface area contributed by atoms with Crippen LogP contribution in [0.1, 0.15) is 22.8 Å². The maximum atomic E-state index is 11.8. The van der Waals surface area contributed by atoms with E-state index in [0.717, 1.165) is 5.56 Å². The number of amides is 2. The number of esters is 1. The number of carbonyl (C=O) groups is 3. The summed E-state index contributed by atoms with van der Waals surface area (Å²) >= 11 is 10.7. The number of hydrazine groups is 1. The van der Waals surface area contributed by atoms with E-state index in [-0.39, 0.29) is 18.3 Å². The fraction of sp³-hybridized carbons (Fsp3) is 0.143. The SMILES string of the molecule is CCOC(=O)c1ccc(OCC(=O)NNC(=S)NC(=O)/C=C/c2ccc(Cl)cc2)cc1. The van der Waals surface area contributed by atoms with E-state index < -0.39 is 17.8 Å². The minimum absolute atomic E-state index is 0.0853. The zero-order valence-corrected chi connectivity index (χ0v) is 18.1. The Morgan fingerprint density at radius 2 is 1.71 bits per heavy atom. The van der Waals surface area contributed by atoms with Crippen molar-refractivity contribution in [2.24, 2.45) is 0 Å². The number of hydrogen-bond donors (Lipinski definition) is 3. The molecule has 0 aliphatic rings. The molecule has 31 heavy (non-hydrogen) atoms. The highest BCUT2D eigenvalue weighted by molar-refractivity contribution is 7.80. The minimum Gasteiger partial charge on any atom is -0.484 e. The first kappa shape index (κ1) is 23.8. The van der Waals surface area contributed by atoms with Gasteiger partial charge in [0.15, 0.2) is 11.7 Å². The van der Waals surface area contributed by atoms with E-state index in [1.165, 1.54) is 18.2 Å². The summed E-state index contributed by atoms with van der Waals surface area (Å²) in [5, 5.41) is 2.90. The van der Waals surface area contributed by atoms with Gasteiger partial charge in [0.1, 0.15) is 5.75 Å². The van der Waals surface area contributed by atoms with Crippen LogP contribution in [0.5, 0.6) is 5.75 Å². The molecule has 0 aliphatic carbocycles. The number of halogens is 1. The van der Waals surface area contributed by atoms with Crippen molar-refractivity contribution in [1.29, 1.82) is 0 Å². The third-order valence-corrected chi connectivity index (χ3v) is 4.04. The Kier molecular flexibility index (Phi) is 9.47. The van der Waals surface area contributed by atoms with E-state index in [4.69, 9.17) is 33.3 Å². The smallest absolute Gasteiger partial charge is 0.338 e. The minimum atomic E-state index is -0.525. The molecule has 3 N–H and O–H groups in total. The highest BCUT2D eigenvalue weighted by Gasteiger charge is 2.08. The van der Waals surface area contributed by atoms with Crippen LogP contribution in [0.25, 0.3) is 6.08 Å². The van der Waals surface area contributed by atoms with Crippen LogP contribution in [0.3, 0.4) is 0 Å². The Balaban J connectivity index is 1.69. The third kappa shape index (κ3) is 8.85. The average Bonchev–Trinajstić information content (AvgIpc) is 2.76. The van der Waals surface area contributed by atoms with Gasteiger partial charge in [0.25, 0.3) is 5.91 Å². The normalized spacial score (nSPS) is 10.3. The molecule has 0 bridgehead atoms. The van der Waals surface area contributed by atoms with Gasteiger partial charge in [-0.2, -0.15) is 0 Å². The Morgan fingerprint density at radius 3 is 2.35 bits per heavy atom. The number of thiocarbonyl (C=S) groups is 1. The Labute approximate surface area is 189 Å². The van der Waals surface area contributed by atoms with Crippen molar-refractivity contribution in [3.05, 3.63) is 70.8 Å². The quantitative estimate of drug-likeness (QED) is 0.252. The van der Waals surface area contributed by atoms with Gasteiger partial charge in [-0.05, 0) is 67.2 Å². The van der Waals surface area contributed by atoms with Crippen molar-refractivity contribution >= 4 is 52.8 Å². The van der Waals surface area contributed by atoms with E-state index in [9.17, 15) is 14.4 Å². The van der Waals surface area contributed by atoms with Crippen molar-refractivity contribution in [2.45, 2.75) is 6.92 Å². The van der Waals surface area contributed by atoms with Gasteiger partial charge in [-0.15, -0.1) is 0 Å². The molecule has 0 aliphatic heterocycles. The number of carbonyl (C=O) groups excluding carboxylic acids is 3. The van der Waals surface area contributed by atoms with Gasteiger partial charge in [0, 0.05) is 11.1 Å². The lowest BCUT2D eigenvalue weighted by Crippen LogP contribution is -2.49. The Hall–Kier alpha value is -3.43. The van der Waals surface area contributed by atoms with Gasteiger partial charge >= 0.3 is 5.97 Å². The fourth-order valence-corrected chi connectivity index (χ4v) is 2.42. The molecule has 0 atom stereocenters. The number of benzene rings is 2. The second kappa shape index (κ2) is 12.3. The standard InChI is InChI=1S/C21H20ClN3O5S/c1-2-29-20(28)15-6-10-17(11-7-15)30-13-19(27)24-25-21(31)23-18(26)12-5-14-3-8-16(22)9-4-14/h3-12H,2,13H2,1H3,(H,24,27)(H2,23,25,26,31)/b12-5+. The highest BCUT2D eigenvalue weighted by Crippen LogP contribution is 2.13. The molecule has 0 saturated heterocycles. The van der Waals surface area contributed by atoms with Crippen LogP contribution in [0, 0.1) is 0 Å². The topological polar surface area (TPSA) is 106 Å². The molecule has 0 heterocycles. The van der Waals surface area contributed by atoms with Crippen molar-refractivity contribution in [1.82, 2.24) is 16.2 Å². The van der Waals surface area contributed by atoms with Gasteiger partial charge in [-0.1, -0.05) is 23.7 Å². The molecule has 10 heteroatoms. The zero-order valence-electron chi connectivity index (χ0n) is 16.5. The van der Waals surface area contributed by atoms with Crippen LogP contribution in [0.2, 0.25) is 5.02 Å². The molecule has 2 amide bonds. The van der Waals surface area contributed by atoms with Gasteiger partial charge in [0.2, 0.25) is 5.91 Å². The highest BCUT2D eigenvalue weighted by atomic mass is 35.5. The first-order valence-electron chi connectivity index (χ1n) is 9.11. The molecule has 0 unspecified atom stereocenters. The predicted octanol–water partition coefficient (Wildman–Crippen LogP) is 2.63. The maximum absolute atomic E-state index is 11.8. The molecule has 0 fully saturated rings. The lowest BCUT2D eigenvalue weighted by Gasteiger charge is -2.10. The summed E-state index contributed by atoms with van der Waals surface area (Å²) in [5.41, 5.74) is 5.87. The number of ether oxygens (including phenoxy) is 2. The van der Waals surface area contributed by atoms with E-state index in [2.05, 4.69) is 16.2 Å².